The molecule has 2 aliphatic rings. The lowest BCUT2D eigenvalue weighted by Crippen LogP contribution is -2.41. The lowest BCUT2D eigenvalue weighted by Gasteiger charge is -2.28. The van der Waals surface area contributed by atoms with Crippen LogP contribution >= 0.6 is 11.6 Å². The van der Waals surface area contributed by atoms with Crippen LogP contribution in [0.4, 0.5) is 26.7 Å². The van der Waals surface area contributed by atoms with Crippen molar-refractivity contribution >= 4 is 34.8 Å². The predicted molar refractivity (Wildman–Crippen MR) is 161 cm³/mol. The van der Waals surface area contributed by atoms with Crippen LogP contribution in [0.15, 0.2) is 36.7 Å². The molecule has 2 aromatic heterocycles. The Bertz CT molecular complexity index is 1310. The van der Waals surface area contributed by atoms with E-state index in [4.69, 9.17) is 26.2 Å². The molecule has 0 aliphatic carbocycles. The molecule has 47 heavy (non-hydrogen) atoms. The maximum absolute atomic E-state index is 12.6. The molecule has 0 radical (unpaired) electrons. The number of ether oxygens (including phenoxy) is 1. The van der Waals surface area contributed by atoms with Crippen LogP contribution in [0.5, 0.6) is 0 Å². The van der Waals surface area contributed by atoms with Crippen molar-refractivity contribution in [2.24, 2.45) is 0 Å². The highest BCUT2D eigenvalue weighted by molar-refractivity contribution is 6.67. The van der Waals surface area contributed by atoms with Crippen LogP contribution in [-0.2, 0) is 9.53 Å². The first-order chi connectivity index (χ1) is 21.7. The Morgan fingerprint density at radius 1 is 1.02 bits per heavy atom. The van der Waals surface area contributed by atoms with Gasteiger partial charge in [-0.05, 0) is 83.1 Å². The Hall–Kier alpha value is -3.96. The maximum Gasteiger partial charge on any atom is 0.490 e. The summed E-state index contributed by atoms with van der Waals surface area (Å²) in [7, 11) is 3.68. The number of hydrogen-bond donors (Lipinski definition) is 3. The average Bonchev–Trinajstić information content (AvgIpc) is 3.70. The van der Waals surface area contributed by atoms with E-state index in [0.717, 1.165) is 44.7 Å². The minimum Gasteiger partial charge on any atom is -0.475 e. The second-order valence-electron chi connectivity index (χ2n) is 11.1. The van der Waals surface area contributed by atoms with Crippen LogP contribution in [0, 0.1) is 11.9 Å². The van der Waals surface area contributed by atoms with Gasteiger partial charge in [-0.25, -0.2) is 19.6 Å². The van der Waals surface area contributed by atoms with Crippen LogP contribution in [0.2, 0.25) is 0 Å². The fraction of sp³-hybridized carbons (Fsp3) is 0.517. The molecule has 0 unspecified atom stereocenters. The van der Waals surface area contributed by atoms with Crippen molar-refractivity contribution in [2.45, 2.75) is 57.5 Å². The number of likely N-dealkylation sites (tertiary alicyclic amines) is 1. The van der Waals surface area contributed by atoms with Crippen LogP contribution in [0.25, 0.3) is 0 Å². The van der Waals surface area contributed by atoms with Gasteiger partial charge in [0.1, 0.15) is 5.60 Å². The van der Waals surface area contributed by atoms with Gasteiger partial charge in [0.15, 0.2) is 0 Å². The van der Waals surface area contributed by atoms with Gasteiger partial charge in [-0.15, -0.1) is 0 Å². The molecule has 2 fully saturated rings. The number of hydrogen-bond acceptors (Lipinski definition) is 9. The smallest absolute Gasteiger partial charge is 0.475 e. The normalized spacial score (nSPS) is 17.1. The third kappa shape index (κ3) is 15.9. The van der Waals surface area contributed by atoms with E-state index in [0.29, 0.717) is 18.2 Å². The predicted octanol–water partition coefficient (Wildman–Crippen LogP) is 4.10. The first-order valence-corrected chi connectivity index (χ1v) is 14.5. The molecule has 2 aliphatic heterocycles. The highest BCUT2D eigenvalue weighted by Gasteiger charge is 2.38. The lowest BCUT2D eigenvalue weighted by atomic mass is 10.2. The molecule has 18 heteroatoms. The highest BCUT2D eigenvalue weighted by atomic mass is 35.5. The van der Waals surface area contributed by atoms with Gasteiger partial charge in [-0.1, -0.05) is 0 Å². The zero-order valence-electron chi connectivity index (χ0n) is 26.4. The number of aliphatic carboxylic acids is 1. The number of nitrogens with zero attached hydrogens (tertiary/aromatic N) is 4. The van der Waals surface area contributed by atoms with E-state index in [9.17, 15) is 36.3 Å². The number of carboxylic acids is 1. The molecule has 0 bridgehead atoms. The Kier molecular flexibility index (Phi) is 16.6. The SMILES string of the molecule is CN(C(=O)OC(C)(C)C)[C@H]1CCNC1.CN[C@H]1CCN(C(=O)c2ccc(F)nc2)C1.O=C(Cl)c1ccc(F)nc1.O=C(O)C(F)(F)F. The Labute approximate surface area is 273 Å². The zero-order valence-corrected chi connectivity index (χ0v) is 27.2. The molecule has 0 aromatic carbocycles. The summed E-state index contributed by atoms with van der Waals surface area (Å²) >= 11 is 5.05. The molecule has 2 atom stereocenters. The lowest BCUT2D eigenvalue weighted by molar-refractivity contribution is -0.192. The third-order valence-corrected chi connectivity index (χ3v) is 6.54. The summed E-state index contributed by atoms with van der Waals surface area (Å²) < 4.78 is 61.7. The molecule has 262 valence electrons. The number of amides is 2. The second kappa shape index (κ2) is 19.0. The number of pyridine rings is 2. The number of nitrogens with one attached hydrogen (secondary N) is 2. The molecule has 12 nitrogen and oxygen atoms in total. The monoisotopic (exact) mass is 696 g/mol. The molecular weight excluding hydrogens is 659 g/mol. The summed E-state index contributed by atoms with van der Waals surface area (Å²) in [6, 6.07) is 5.67. The average molecular weight is 697 g/mol. The van der Waals surface area contributed by atoms with Crippen molar-refractivity contribution in [3.05, 3.63) is 59.7 Å². The molecular formula is C29H38ClF5N6O6. The quantitative estimate of drug-likeness (QED) is 0.242. The van der Waals surface area contributed by atoms with Crippen LogP contribution in [0.1, 0.15) is 54.3 Å². The van der Waals surface area contributed by atoms with E-state index in [1.54, 1.807) is 16.8 Å². The van der Waals surface area contributed by atoms with Crippen LogP contribution in [-0.4, -0.2) is 112 Å². The van der Waals surface area contributed by atoms with Gasteiger partial charge in [0.05, 0.1) is 11.1 Å². The summed E-state index contributed by atoms with van der Waals surface area (Å²) in [5, 5.41) is 12.9. The number of carboxylic acid groups (broad SMARTS) is 1. The minimum atomic E-state index is -5.08. The first-order valence-electron chi connectivity index (χ1n) is 14.1. The summed E-state index contributed by atoms with van der Waals surface area (Å²) in [5.74, 6) is -4.02. The molecule has 4 heterocycles. The molecule has 0 spiro atoms. The van der Waals surface area contributed by atoms with E-state index >= 15 is 0 Å². The van der Waals surface area contributed by atoms with Gasteiger partial charge in [-0.3, -0.25) is 9.59 Å². The largest absolute Gasteiger partial charge is 0.490 e. The van der Waals surface area contributed by atoms with E-state index in [1.807, 2.05) is 27.8 Å². The van der Waals surface area contributed by atoms with Crippen molar-refractivity contribution in [1.29, 1.82) is 0 Å². The molecule has 4 rings (SSSR count). The number of carbonyl (C=O) groups is 4. The van der Waals surface area contributed by atoms with Gasteiger partial charge >= 0.3 is 18.2 Å². The number of rotatable bonds is 4. The molecule has 3 N–H and O–H groups in total. The van der Waals surface area contributed by atoms with Crippen LogP contribution < -0.4 is 10.6 Å². The van der Waals surface area contributed by atoms with Gasteiger partial charge < -0.3 is 30.3 Å². The fourth-order valence-corrected chi connectivity index (χ4v) is 3.92. The van der Waals surface area contributed by atoms with E-state index in [2.05, 4.69) is 20.6 Å². The summed E-state index contributed by atoms with van der Waals surface area (Å²) in [4.78, 5) is 53.0. The summed E-state index contributed by atoms with van der Waals surface area (Å²) in [5.41, 5.74) is 0.235. The molecule has 2 amide bonds. The van der Waals surface area contributed by atoms with Gasteiger partial charge in [0.2, 0.25) is 11.9 Å². The Morgan fingerprint density at radius 3 is 1.91 bits per heavy atom. The van der Waals surface area contributed by atoms with E-state index < -0.39 is 34.9 Å². The first kappa shape index (κ1) is 41.1. The van der Waals surface area contributed by atoms with Crippen molar-refractivity contribution in [2.75, 3.05) is 40.3 Å². The number of alkyl halides is 3. The molecule has 0 saturated carbocycles. The third-order valence-electron chi connectivity index (χ3n) is 6.32. The van der Waals surface area contributed by atoms with Crippen molar-refractivity contribution in [3.63, 3.8) is 0 Å². The summed E-state index contributed by atoms with van der Waals surface area (Å²) in [6.07, 6.45) is -0.979. The van der Waals surface area contributed by atoms with E-state index in [-0.39, 0.29) is 23.6 Å². The Balaban J connectivity index is 0.000000327. The van der Waals surface area contributed by atoms with E-state index in [1.165, 1.54) is 24.4 Å². The van der Waals surface area contributed by atoms with Gasteiger partial charge in [0.25, 0.3) is 11.1 Å². The molecule has 2 saturated heterocycles. The fourth-order valence-electron chi connectivity index (χ4n) is 3.81. The number of aromatic nitrogens is 2. The van der Waals surface area contributed by atoms with Crippen molar-refractivity contribution < 1.29 is 51.0 Å². The highest BCUT2D eigenvalue weighted by Crippen LogP contribution is 2.15. The van der Waals surface area contributed by atoms with Crippen molar-refractivity contribution in [3.8, 4) is 0 Å². The Morgan fingerprint density at radius 2 is 1.55 bits per heavy atom. The van der Waals surface area contributed by atoms with Gasteiger partial charge in [0, 0.05) is 51.2 Å². The zero-order chi connectivity index (χ0) is 35.9. The maximum atomic E-state index is 12.6. The number of carbonyl (C=O) groups excluding carboxylic acids is 3. The van der Waals surface area contributed by atoms with Crippen molar-refractivity contribution in [1.82, 2.24) is 30.4 Å². The number of likely N-dealkylation sites (N-methyl/N-ethyl adjacent to an activating group) is 2. The number of halogens is 6. The molecule has 2 aromatic rings. The summed E-state index contributed by atoms with van der Waals surface area (Å²) in [6.45, 7) is 8.94. The second-order valence-corrected chi connectivity index (χ2v) is 11.4. The standard InChI is InChI=1S/C11H14FN3O.C10H20N2O2.C6H3ClFNO.C2HF3O2/c1-13-9-4-5-15(7-9)11(16)8-2-3-10(12)14-6-8;1-10(2,3)14-9(13)12(4)8-5-6-11-7-8;7-6(10)4-1-2-5(8)9-3-4;3-2(4,5)1(6)7/h2-3,6,9,13H,4-5,7H2,1H3;8,11H,5-7H2,1-4H3;1-3H;(H,6,7)/t9-;8-;;/m00../s1. The minimum absolute atomic E-state index is 0.0785. The topological polar surface area (TPSA) is 154 Å². The van der Waals surface area contributed by atoms with Gasteiger partial charge in [-0.2, -0.15) is 22.0 Å². The van der Waals surface area contributed by atoms with Crippen LogP contribution in [0.3, 0.4) is 0 Å².